The number of aliphatic hydroxyl groups is 1. The van der Waals surface area contributed by atoms with E-state index in [0.717, 1.165) is 28.1 Å². The third-order valence-electron chi connectivity index (χ3n) is 6.47. The van der Waals surface area contributed by atoms with E-state index in [1.165, 1.54) is 0 Å². The number of anilines is 1. The normalized spacial score (nSPS) is 16.6. The molecule has 5 rings (SSSR count). The third-order valence-corrected chi connectivity index (χ3v) is 6.47. The Labute approximate surface area is 204 Å². The SMILES string of the molecule is COc1ccccc1OC[C@H](O)Cn1c([C@@H]2CC(=O)N(c3ccccc3C)C2)nc2ccccc21. The van der Waals surface area contributed by atoms with Crippen molar-refractivity contribution in [1.82, 2.24) is 9.55 Å². The van der Waals surface area contributed by atoms with Crippen LogP contribution in [0, 0.1) is 6.92 Å². The summed E-state index contributed by atoms with van der Waals surface area (Å²) in [5, 5.41) is 10.9. The second-order valence-corrected chi connectivity index (χ2v) is 8.88. The van der Waals surface area contributed by atoms with Crippen LogP contribution in [-0.2, 0) is 11.3 Å². The quantitative estimate of drug-likeness (QED) is 0.414. The van der Waals surface area contributed by atoms with Crippen LogP contribution >= 0.6 is 0 Å². The van der Waals surface area contributed by atoms with Gasteiger partial charge >= 0.3 is 0 Å². The molecule has 1 saturated heterocycles. The van der Waals surface area contributed by atoms with Gasteiger partial charge in [-0.2, -0.15) is 0 Å². The molecule has 1 N–H and O–H groups in total. The number of aryl methyl sites for hydroxylation is 1. The first-order chi connectivity index (χ1) is 17.0. The molecule has 2 heterocycles. The lowest BCUT2D eigenvalue weighted by molar-refractivity contribution is -0.117. The summed E-state index contributed by atoms with van der Waals surface area (Å²) in [7, 11) is 1.59. The molecule has 0 radical (unpaired) electrons. The van der Waals surface area contributed by atoms with Gasteiger partial charge in [0, 0.05) is 24.6 Å². The van der Waals surface area contributed by atoms with Gasteiger partial charge in [0.05, 0.1) is 24.7 Å². The van der Waals surface area contributed by atoms with Gasteiger partial charge in [-0.3, -0.25) is 4.79 Å². The third kappa shape index (κ3) is 4.59. The first-order valence-corrected chi connectivity index (χ1v) is 11.8. The van der Waals surface area contributed by atoms with Crippen molar-refractivity contribution < 1.29 is 19.4 Å². The van der Waals surface area contributed by atoms with E-state index in [1.54, 1.807) is 7.11 Å². The van der Waals surface area contributed by atoms with Crippen molar-refractivity contribution in [2.75, 3.05) is 25.2 Å². The Morgan fingerprint density at radius 3 is 2.54 bits per heavy atom. The Hall–Kier alpha value is -3.84. The number of fused-ring (bicyclic) bond motifs is 1. The van der Waals surface area contributed by atoms with Crippen molar-refractivity contribution in [3.05, 3.63) is 84.2 Å². The van der Waals surface area contributed by atoms with Crippen LogP contribution in [-0.4, -0.2) is 46.9 Å². The van der Waals surface area contributed by atoms with Gasteiger partial charge in [-0.1, -0.05) is 42.5 Å². The van der Waals surface area contributed by atoms with Gasteiger partial charge in [0.1, 0.15) is 18.5 Å². The summed E-state index contributed by atoms with van der Waals surface area (Å²) in [4.78, 5) is 19.7. The number of aromatic nitrogens is 2. The Balaban J connectivity index is 1.39. The highest BCUT2D eigenvalue weighted by molar-refractivity contribution is 5.97. The Morgan fingerprint density at radius 2 is 1.74 bits per heavy atom. The van der Waals surface area contributed by atoms with E-state index >= 15 is 0 Å². The maximum absolute atomic E-state index is 13.0. The van der Waals surface area contributed by atoms with Crippen LogP contribution in [0.2, 0.25) is 0 Å². The van der Waals surface area contributed by atoms with Crippen molar-refractivity contribution >= 4 is 22.6 Å². The Morgan fingerprint density at radius 1 is 1.03 bits per heavy atom. The number of carbonyl (C=O) groups excluding carboxylic acids is 1. The van der Waals surface area contributed by atoms with Gasteiger partial charge < -0.3 is 24.0 Å². The molecule has 0 spiro atoms. The molecule has 1 aromatic heterocycles. The summed E-state index contributed by atoms with van der Waals surface area (Å²) < 4.78 is 13.2. The maximum atomic E-state index is 13.0. The lowest BCUT2D eigenvalue weighted by Crippen LogP contribution is -2.27. The molecule has 1 amide bonds. The zero-order valence-corrected chi connectivity index (χ0v) is 19.9. The lowest BCUT2D eigenvalue weighted by Gasteiger charge is -2.20. The number of aliphatic hydroxyl groups excluding tert-OH is 1. The summed E-state index contributed by atoms with van der Waals surface area (Å²) in [5.74, 6) is 2.03. The van der Waals surface area contributed by atoms with Crippen molar-refractivity contribution in [2.45, 2.75) is 31.9 Å². The van der Waals surface area contributed by atoms with E-state index in [2.05, 4.69) is 0 Å². The average Bonchev–Trinajstić information content (AvgIpc) is 3.43. The summed E-state index contributed by atoms with van der Waals surface area (Å²) in [6.45, 7) is 2.98. The predicted octanol–water partition coefficient (Wildman–Crippen LogP) is 4.31. The minimum Gasteiger partial charge on any atom is -0.493 e. The summed E-state index contributed by atoms with van der Waals surface area (Å²) in [5.41, 5.74) is 3.79. The molecule has 4 aromatic rings. The smallest absolute Gasteiger partial charge is 0.227 e. The monoisotopic (exact) mass is 471 g/mol. The summed E-state index contributed by atoms with van der Waals surface area (Å²) in [6.07, 6.45) is -0.397. The molecule has 1 aliphatic rings. The first kappa shape index (κ1) is 22.9. The minimum absolute atomic E-state index is 0.0724. The van der Waals surface area contributed by atoms with E-state index < -0.39 is 6.10 Å². The number of amides is 1. The fourth-order valence-electron chi connectivity index (χ4n) is 4.76. The van der Waals surface area contributed by atoms with Crippen molar-refractivity contribution in [3.63, 3.8) is 0 Å². The molecular formula is C28H29N3O4. The van der Waals surface area contributed by atoms with Gasteiger partial charge in [0.15, 0.2) is 11.5 Å². The molecule has 7 nitrogen and oxygen atoms in total. The molecular weight excluding hydrogens is 442 g/mol. The van der Waals surface area contributed by atoms with Crippen LogP contribution in [0.15, 0.2) is 72.8 Å². The zero-order valence-electron chi connectivity index (χ0n) is 19.9. The van der Waals surface area contributed by atoms with Crippen LogP contribution in [0.1, 0.15) is 23.7 Å². The number of para-hydroxylation sites is 5. The number of hydrogen-bond acceptors (Lipinski definition) is 5. The van der Waals surface area contributed by atoms with E-state index in [4.69, 9.17) is 14.5 Å². The van der Waals surface area contributed by atoms with Gasteiger partial charge in [-0.15, -0.1) is 0 Å². The van der Waals surface area contributed by atoms with Gasteiger partial charge in [0.25, 0.3) is 0 Å². The van der Waals surface area contributed by atoms with E-state index in [9.17, 15) is 9.90 Å². The Kier molecular flexibility index (Phi) is 6.42. The molecule has 35 heavy (non-hydrogen) atoms. The van der Waals surface area contributed by atoms with Gasteiger partial charge in [-0.05, 0) is 42.8 Å². The molecule has 1 fully saturated rings. The molecule has 0 bridgehead atoms. The number of carbonyl (C=O) groups is 1. The lowest BCUT2D eigenvalue weighted by atomic mass is 10.1. The maximum Gasteiger partial charge on any atom is 0.227 e. The highest BCUT2D eigenvalue weighted by Gasteiger charge is 2.35. The molecule has 1 aliphatic heterocycles. The second kappa shape index (κ2) is 9.80. The van der Waals surface area contributed by atoms with Crippen LogP contribution < -0.4 is 14.4 Å². The number of benzene rings is 3. The highest BCUT2D eigenvalue weighted by atomic mass is 16.5. The predicted molar refractivity (Wildman–Crippen MR) is 135 cm³/mol. The number of methoxy groups -OCH3 is 1. The highest BCUT2D eigenvalue weighted by Crippen LogP contribution is 2.34. The first-order valence-electron chi connectivity index (χ1n) is 11.8. The molecule has 180 valence electrons. The van der Waals surface area contributed by atoms with Crippen molar-refractivity contribution in [1.29, 1.82) is 0 Å². The molecule has 2 atom stereocenters. The molecule has 0 saturated carbocycles. The number of hydrogen-bond donors (Lipinski definition) is 1. The largest absolute Gasteiger partial charge is 0.493 e. The van der Waals surface area contributed by atoms with E-state index in [-0.39, 0.29) is 18.4 Å². The van der Waals surface area contributed by atoms with Crippen LogP contribution in [0.4, 0.5) is 5.69 Å². The Bertz CT molecular complexity index is 1350. The van der Waals surface area contributed by atoms with Gasteiger partial charge in [-0.25, -0.2) is 4.98 Å². The van der Waals surface area contributed by atoms with E-state index in [0.29, 0.717) is 31.0 Å². The number of rotatable bonds is 8. The molecule has 3 aromatic carbocycles. The molecule has 0 unspecified atom stereocenters. The van der Waals surface area contributed by atoms with Crippen LogP contribution in [0.5, 0.6) is 11.5 Å². The molecule has 7 heteroatoms. The standard InChI is InChI=1S/C28H29N3O4/c1-19-9-3-5-11-23(19)30-16-20(15-27(30)33)28-29-22-10-4-6-12-24(22)31(28)17-21(32)18-35-26-14-8-7-13-25(26)34-2/h3-14,20-21,32H,15-18H2,1-2H3/t20-,21-/m1/s1. The van der Waals surface area contributed by atoms with Gasteiger partial charge in [0.2, 0.25) is 5.91 Å². The topological polar surface area (TPSA) is 76.8 Å². The summed E-state index contributed by atoms with van der Waals surface area (Å²) in [6, 6.07) is 23.2. The number of imidazole rings is 1. The van der Waals surface area contributed by atoms with Crippen molar-refractivity contribution in [2.24, 2.45) is 0 Å². The fraction of sp³-hybridized carbons (Fsp3) is 0.286. The van der Waals surface area contributed by atoms with Crippen LogP contribution in [0.3, 0.4) is 0 Å². The fourth-order valence-corrected chi connectivity index (χ4v) is 4.76. The zero-order chi connectivity index (χ0) is 24.4. The average molecular weight is 472 g/mol. The van der Waals surface area contributed by atoms with Crippen LogP contribution in [0.25, 0.3) is 11.0 Å². The second-order valence-electron chi connectivity index (χ2n) is 8.88. The minimum atomic E-state index is -0.777. The van der Waals surface area contributed by atoms with E-state index in [1.807, 2.05) is 89.2 Å². The number of ether oxygens (including phenoxy) is 2. The van der Waals surface area contributed by atoms with Crippen molar-refractivity contribution in [3.8, 4) is 11.5 Å². The number of nitrogens with zero attached hydrogens (tertiary/aromatic N) is 3. The molecule has 0 aliphatic carbocycles. The summed E-state index contributed by atoms with van der Waals surface area (Å²) >= 11 is 0.